The first-order valence-electron chi connectivity index (χ1n) is 2.15. The summed E-state index contributed by atoms with van der Waals surface area (Å²) in [6, 6.07) is 0. The quantitative estimate of drug-likeness (QED) is 0.336. The Balaban J connectivity index is 0. The second kappa shape index (κ2) is 16.7. The Morgan fingerprint density at radius 1 is 1.17 bits per heavy atom. The molecule has 0 saturated heterocycles. The molecule has 0 rings (SSSR count). The first-order chi connectivity index (χ1) is 2.83. The number of hydrogen-bond donors (Lipinski definition) is 0. The van der Waals surface area contributed by atoms with E-state index in [4.69, 9.17) is 0 Å². The van der Waals surface area contributed by atoms with E-state index in [1.807, 2.05) is 0 Å². The van der Waals surface area contributed by atoms with E-state index in [1.54, 1.807) is 0 Å². The summed E-state index contributed by atoms with van der Waals surface area (Å²) >= 11 is 0.750. The summed E-state index contributed by atoms with van der Waals surface area (Å²) in [4.78, 5) is 0. The summed E-state index contributed by atoms with van der Waals surface area (Å²) in [5.74, 6) is 4.42. The molecule has 0 aromatic heterocycles. The van der Waals surface area contributed by atoms with Crippen LogP contribution in [0.15, 0.2) is 0 Å². The zero-order chi connectivity index (χ0) is 5.41. The van der Waals surface area contributed by atoms with Crippen molar-refractivity contribution < 1.29 is 0 Å². The Bertz CT molecular complexity index is 9.51. The molecule has 37 valence electrons. The molecule has 0 aliphatic heterocycles. The van der Waals surface area contributed by atoms with Gasteiger partial charge in [0.25, 0.3) is 0 Å². The van der Waals surface area contributed by atoms with E-state index >= 15 is 0 Å². The minimum atomic E-state index is 0.750. The molecule has 0 aromatic carbocycles. The van der Waals surface area contributed by atoms with Gasteiger partial charge in [0.05, 0.1) is 0 Å². The molecule has 0 amide bonds. The molecule has 0 atom stereocenters. The molecular formula is C4H13AlP. The van der Waals surface area contributed by atoms with E-state index in [9.17, 15) is 0 Å². The van der Waals surface area contributed by atoms with Gasteiger partial charge >= 0.3 is 0 Å². The zero-order valence-electron chi connectivity index (χ0n) is 5.08. The average molecular weight is 119 g/mol. The molecule has 0 nitrogen and oxygen atoms in total. The van der Waals surface area contributed by atoms with Crippen molar-refractivity contribution in [3.05, 3.63) is 0 Å². The van der Waals surface area contributed by atoms with Crippen molar-refractivity contribution >= 4 is 23.8 Å². The lowest BCUT2D eigenvalue weighted by atomic mass is 11.9. The Morgan fingerprint density at radius 2 is 1.17 bits per heavy atom. The normalized spacial score (nSPS) is 5.33. The van der Waals surface area contributed by atoms with Gasteiger partial charge < -0.3 is 0 Å². The van der Waals surface area contributed by atoms with E-state index in [-0.39, 0.29) is 0 Å². The van der Waals surface area contributed by atoms with Gasteiger partial charge in [0.15, 0.2) is 15.2 Å². The van der Waals surface area contributed by atoms with E-state index in [0.717, 1.165) is 23.8 Å². The fourth-order valence-electron chi connectivity index (χ4n) is 0. The van der Waals surface area contributed by atoms with Crippen LogP contribution in [-0.4, -0.2) is 28.5 Å². The molecule has 0 N–H and O–H groups in total. The van der Waals surface area contributed by atoms with Gasteiger partial charge in [0.2, 0.25) is 0 Å². The van der Waals surface area contributed by atoms with Crippen molar-refractivity contribution in [1.82, 2.24) is 0 Å². The lowest BCUT2D eigenvalue weighted by Gasteiger charge is -1.50. The van der Waals surface area contributed by atoms with Crippen LogP contribution in [0.5, 0.6) is 0 Å². The van der Waals surface area contributed by atoms with Crippen molar-refractivity contribution in [2.75, 3.05) is 13.3 Å². The highest BCUT2D eigenvalue weighted by Crippen LogP contribution is 1.84. The van der Waals surface area contributed by atoms with E-state index in [0.29, 0.717) is 0 Å². The maximum absolute atomic E-state index is 2.21. The maximum atomic E-state index is 2.21. The highest BCUT2D eigenvalue weighted by atomic mass is 31.1. The molecule has 0 aromatic rings. The van der Waals surface area contributed by atoms with E-state index in [1.165, 1.54) is 0 Å². The van der Waals surface area contributed by atoms with Crippen LogP contribution >= 0.6 is 8.58 Å². The summed E-state index contributed by atoms with van der Waals surface area (Å²) in [5, 5.41) is 0. The van der Waals surface area contributed by atoms with Crippen molar-refractivity contribution in [1.29, 1.82) is 0 Å². The highest BCUT2D eigenvalue weighted by Gasteiger charge is 1.46. The molecule has 0 aliphatic rings. The first kappa shape index (κ1) is 10.1. The molecule has 6 heavy (non-hydrogen) atoms. The molecule has 0 heterocycles. The van der Waals surface area contributed by atoms with Crippen LogP contribution in [0.4, 0.5) is 0 Å². The molecule has 0 unspecified atom stereocenters. The third-order valence-corrected chi connectivity index (χ3v) is 0. The van der Waals surface area contributed by atoms with Gasteiger partial charge in [-0.05, 0) is 13.3 Å². The average Bonchev–Trinajstić information content (AvgIpc) is 1.39. The summed E-state index contributed by atoms with van der Waals surface area (Å²) in [7, 11) is 1.08. The minimum absolute atomic E-state index is 0.750. The van der Waals surface area contributed by atoms with Gasteiger partial charge in [0, 0.05) is 0 Å². The predicted octanol–water partition coefficient (Wildman–Crippen LogP) is 1.71. The smallest absolute Gasteiger partial charge is 0.129 e. The first-order valence-corrected chi connectivity index (χ1v) is 6.46. The molecule has 0 spiro atoms. The zero-order valence-corrected chi connectivity index (χ0v) is 7.23. The Labute approximate surface area is 49.2 Å². The van der Waals surface area contributed by atoms with Crippen molar-refractivity contribution in [2.45, 2.75) is 11.6 Å². The topological polar surface area (TPSA) is 0 Å². The van der Waals surface area contributed by atoms with Gasteiger partial charge in [-0.2, -0.15) is 0 Å². The Kier molecular flexibility index (Phi) is 28.0. The van der Waals surface area contributed by atoms with Crippen LogP contribution in [0.1, 0.15) is 0 Å². The molecule has 2 heteroatoms. The second-order valence-corrected chi connectivity index (χ2v) is 3.23. The van der Waals surface area contributed by atoms with Crippen LogP contribution in [0.25, 0.3) is 0 Å². The van der Waals surface area contributed by atoms with Crippen LogP contribution in [0.3, 0.4) is 0 Å². The molecular weight excluding hydrogens is 106 g/mol. The molecule has 0 bridgehead atoms. The monoisotopic (exact) mass is 119 g/mol. The molecule has 0 fully saturated rings. The van der Waals surface area contributed by atoms with E-state index in [2.05, 4.69) is 24.9 Å². The van der Waals surface area contributed by atoms with Gasteiger partial charge in [0.1, 0.15) is 0 Å². The number of rotatable bonds is 0. The highest BCUT2D eigenvalue weighted by molar-refractivity contribution is 7.35. The van der Waals surface area contributed by atoms with Crippen molar-refractivity contribution in [3.63, 3.8) is 0 Å². The molecule has 0 aliphatic carbocycles. The second-order valence-electron chi connectivity index (χ2n) is 1.08. The van der Waals surface area contributed by atoms with Gasteiger partial charge in [-0.3, -0.25) is 0 Å². The van der Waals surface area contributed by atoms with Crippen LogP contribution in [0, 0.1) is 0 Å². The number of hydrogen-bond acceptors (Lipinski definition) is 0. The lowest BCUT2D eigenvalue weighted by molar-refractivity contribution is 2.14. The van der Waals surface area contributed by atoms with Gasteiger partial charge in [-0.25, -0.2) is 0 Å². The van der Waals surface area contributed by atoms with Crippen LogP contribution in [0.2, 0.25) is 11.6 Å². The SMILES string of the molecule is CPC.[CH3][Al][CH3]. The van der Waals surface area contributed by atoms with Crippen molar-refractivity contribution in [2.24, 2.45) is 0 Å². The standard InChI is InChI=1S/C2H7P.2CH3.Al/c1-3-2;;;/h3H,1-2H3;2*1H3;. The minimum Gasteiger partial charge on any atom is -0.129 e. The molecule has 0 saturated carbocycles. The van der Waals surface area contributed by atoms with Crippen LogP contribution in [-0.2, 0) is 0 Å². The maximum Gasteiger partial charge on any atom is 0.191 e. The summed E-state index contributed by atoms with van der Waals surface area (Å²) in [6.45, 7) is 4.31. The van der Waals surface area contributed by atoms with E-state index < -0.39 is 0 Å². The summed E-state index contributed by atoms with van der Waals surface area (Å²) < 4.78 is 0. The predicted molar refractivity (Wildman–Crippen MR) is 37.6 cm³/mol. The summed E-state index contributed by atoms with van der Waals surface area (Å²) in [5.41, 5.74) is 0. The fourth-order valence-corrected chi connectivity index (χ4v) is 0. The van der Waals surface area contributed by atoms with Crippen LogP contribution < -0.4 is 0 Å². The fraction of sp³-hybridized carbons (Fsp3) is 1.00. The Morgan fingerprint density at radius 3 is 1.17 bits per heavy atom. The third kappa shape index (κ3) is 84.1. The lowest BCUT2D eigenvalue weighted by Crippen LogP contribution is -1.53. The molecule has 1 radical (unpaired) electrons. The summed E-state index contributed by atoms with van der Waals surface area (Å²) in [6.07, 6.45) is 0. The Hall–Kier alpha value is 0.962. The largest absolute Gasteiger partial charge is 0.191 e. The van der Waals surface area contributed by atoms with Gasteiger partial charge in [-0.1, -0.05) is 0 Å². The van der Waals surface area contributed by atoms with Crippen molar-refractivity contribution in [3.8, 4) is 0 Å². The third-order valence-electron chi connectivity index (χ3n) is 0. The van der Waals surface area contributed by atoms with Gasteiger partial charge in [-0.15, -0.1) is 20.2 Å².